The smallest absolute Gasteiger partial charge is 0.288 e. The minimum absolute atomic E-state index is 0.0511. The molecule has 0 radical (unpaired) electrons. The number of nitrogens with zero attached hydrogens (tertiary/aromatic N) is 1. The lowest BCUT2D eigenvalue weighted by atomic mass is 9.97. The number of carbonyl (C=O) groups excluding carboxylic acids is 1. The molecular weight excluding hydrogens is 349 g/mol. The van der Waals surface area contributed by atoms with Crippen molar-refractivity contribution in [2.24, 2.45) is 0 Å². The summed E-state index contributed by atoms with van der Waals surface area (Å²) in [5.74, 6) is -0.388. The van der Waals surface area contributed by atoms with Crippen LogP contribution in [0.5, 0.6) is 0 Å². The van der Waals surface area contributed by atoms with E-state index >= 15 is 0 Å². The zero-order chi connectivity index (χ0) is 15.8. The van der Waals surface area contributed by atoms with Gasteiger partial charge in [0.1, 0.15) is 6.04 Å². The van der Waals surface area contributed by atoms with Crippen LogP contribution < -0.4 is 5.43 Å². The number of amides is 1. The third-order valence-corrected chi connectivity index (χ3v) is 4.32. The molecule has 1 N–H and O–H groups in total. The van der Waals surface area contributed by atoms with Gasteiger partial charge in [-0.2, -0.15) is 13.2 Å². The zero-order valence-electron chi connectivity index (χ0n) is 11.7. The molecule has 1 unspecified atom stereocenters. The molecular formula is C14H16BrF3N2O. The van der Waals surface area contributed by atoms with E-state index in [-0.39, 0.29) is 18.7 Å². The highest BCUT2D eigenvalue weighted by molar-refractivity contribution is 9.10. The average Bonchev–Trinajstić information content (AvgIpc) is 2.59. The molecule has 1 fully saturated rings. The molecule has 1 amide bonds. The van der Waals surface area contributed by atoms with Crippen LogP contribution in [0.2, 0.25) is 0 Å². The lowest BCUT2D eigenvalue weighted by molar-refractivity contribution is -0.200. The summed E-state index contributed by atoms with van der Waals surface area (Å²) in [4.78, 5) is 11.5. The predicted octanol–water partition coefficient (Wildman–Crippen LogP) is 3.44. The van der Waals surface area contributed by atoms with Crippen molar-refractivity contribution in [3.05, 3.63) is 34.3 Å². The van der Waals surface area contributed by atoms with Gasteiger partial charge < -0.3 is 0 Å². The molecule has 116 valence electrons. The molecule has 2 rings (SSSR count). The number of hydrogen-bond acceptors (Lipinski definition) is 2. The molecule has 0 aliphatic carbocycles. The third kappa shape index (κ3) is 3.58. The van der Waals surface area contributed by atoms with Crippen molar-refractivity contribution in [2.45, 2.75) is 44.4 Å². The molecule has 7 heteroatoms. The number of benzene rings is 1. The highest BCUT2D eigenvalue weighted by Gasteiger charge is 2.52. The SMILES string of the molecule is CC1(C)CC(=O)NN1C(Cc1ccccc1Br)C(F)(F)F. The standard InChI is InChI=1S/C14H16BrF3N2O/c1-13(2)8-12(21)19-20(13)11(14(16,17)18)7-9-5-3-4-6-10(9)15/h3-6,11H,7-8H2,1-2H3,(H,19,21). The molecule has 1 atom stereocenters. The monoisotopic (exact) mass is 364 g/mol. The number of hydrazine groups is 1. The van der Waals surface area contributed by atoms with Crippen molar-refractivity contribution in [2.75, 3.05) is 0 Å². The fraction of sp³-hybridized carbons (Fsp3) is 0.500. The van der Waals surface area contributed by atoms with Crippen molar-refractivity contribution in [3.63, 3.8) is 0 Å². The van der Waals surface area contributed by atoms with Crippen LogP contribution in [0.1, 0.15) is 25.8 Å². The summed E-state index contributed by atoms with van der Waals surface area (Å²) in [6.45, 7) is 3.26. The third-order valence-electron chi connectivity index (χ3n) is 3.55. The quantitative estimate of drug-likeness (QED) is 0.890. The van der Waals surface area contributed by atoms with E-state index in [1.54, 1.807) is 38.1 Å². The minimum Gasteiger partial charge on any atom is -0.288 e. The van der Waals surface area contributed by atoms with Gasteiger partial charge in [0.25, 0.3) is 0 Å². The van der Waals surface area contributed by atoms with Gasteiger partial charge in [0.15, 0.2) is 0 Å². The van der Waals surface area contributed by atoms with E-state index in [1.807, 2.05) is 0 Å². The van der Waals surface area contributed by atoms with Crippen LogP contribution in [-0.4, -0.2) is 28.7 Å². The molecule has 0 aromatic heterocycles. The average molecular weight is 365 g/mol. The van der Waals surface area contributed by atoms with Gasteiger partial charge in [-0.25, -0.2) is 5.01 Å². The topological polar surface area (TPSA) is 32.3 Å². The summed E-state index contributed by atoms with van der Waals surface area (Å²) < 4.78 is 41.0. The van der Waals surface area contributed by atoms with Gasteiger partial charge in [-0.15, -0.1) is 0 Å². The summed E-state index contributed by atoms with van der Waals surface area (Å²) in [6, 6.07) is 5.03. The van der Waals surface area contributed by atoms with Crippen molar-refractivity contribution in [1.82, 2.24) is 10.4 Å². The predicted molar refractivity (Wildman–Crippen MR) is 76.4 cm³/mol. The Morgan fingerprint density at radius 2 is 2.00 bits per heavy atom. The van der Waals surface area contributed by atoms with Crippen molar-refractivity contribution in [1.29, 1.82) is 0 Å². The molecule has 3 nitrogen and oxygen atoms in total. The number of alkyl halides is 3. The zero-order valence-corrected chi connectivity index (χ0v) is 13.3. The first-order chi connectivity index (χ1) is 9.61. The summed E-state index contributed by atoms with van der Waals surface area (Å²) in [5.41, 5.74) is 2.03. The molecule has 1 saturated heterocycles. The normalized spacial score (nSPS) is 20.4. The van der Waals surface area contributed by atoms with Gasteiger partial charge in [0, 0.05) is 16.4 Å². The van der Waals surface area contributed by atoms with Gasteiger partial charge in [0.05, 0.1) is 0 Å². The van der Waals surface area contributed by atoms with E-state index < -0.39 is 17.8 Å². The van der Waals surface area contributed by atoms with E-state index in [1.165, 1.54) is 0 Å². The molecule has 21 heavy (non-hydrogen) atoms. The maximum absolute atomic E-state index is 13.5. The second kappa shape index (κ2) is 5.61. The van der Waals surface area contributed by atoms with Gasteiger partial charge in [-0.05, 0) is 31.9 Å². The molecule has 0 saturated carbocycles. The van der Waals surface area contributed by atoms with E-state index in [2.05, 4.69) is 21.4 Å². The highest BCUT2D eigenvalue weighted by Crippen LogP contribution is 2.35. The van der Waals surface area contributed by atoms with E-state index in [4.69, 9.17) is 0 Å². The Morgan fingerprint density at radius 3 is 2.48 bits per heavy atom. The van der Waals surface area contributed by atoms with E-state index in [0.717, 1.165) is 5.01 Å². The Hall–Kier alpha value is -1.08. The van der Waals surface area contributed by atoms with Crippen molar-refractivity contribution >= 4 is 21.8 Å². The van der Waals surface area contributed by atoms with Gasteiger partial charge in [0.2, 0.25) is 5.91 Å². The Bertz CT molecular complexity index is 545. The second-order valence-electron chi connectivity index (χ2n) is 5.75. The van der Waals surface area contributed by atoms with Gasteiger partial charge >= 0.3 is 6.18 Å². The van der Waals surface area contributed by atoms with Crippen LogP contribution in [0.3, 0.4) is 0 Å². The second-order valence-corrected chi connectivity index (χ2v) is 6.60. The largest absolute Gasteiger partial charge is 0.406 e. The minimum atomic E-state index is -4.44. The maximum atomic E-state index is 13.5. The van der Waals surface area contributed by atoms with Crippen LogP contribution >= 0.6 is 15.9 Å². The lowest BCUT2D eigenvalue weighted by Gasteiger charge is -2.37. The Kier molecular flexibility index (Phi) is 4.35. The maximum Gasteiger partial charge on any atom is 0.406 e. The van der Waals surface area contributed by atoms with Crippen LogP contribution in [0.4, 0.5) is 13.2 Å². The molecule has 1 aromatic rings. The number of halogens is 4. The van der Waals surface area contributed by atoms with Gasteiger partial charge in [-0.1, -0.05) is 34.1 Å². The van der Waals surface area contributed by atoms with Crippen LogP contribution in [0.15, 0.2) is 28.7 Å². The van der Waals surface area contributed by atoms with Crippen molar-refractivity contribution in [3.8, 4) is 0 Å². The fourth-order valence-electron chi connectivity index (χ4n) is 2.53. The number of nitrogens with one attached hydrogen (secondary N) is 1. The molecule has 1 aromatic carbocycles. The lowest BCUT2D eigenvalue weighted by Crippen LogP contribution is -2.57. The Morgan fingerprint density at radius 1 is 1.38 bits per heavy atom. The first-order valence-corrected chi connectivity index (χ1v) is 7.29. The highest BCUT2D eigenvalue weighted by atomic mass is 79.9. The Labute approximate surface area is 129 Å². The Balaban J connectivity index is 2.32. The van der Waals surface area contributed by atoms with Crippen molar-refractivity contribution < 1.29 is 18.0 Å². The number of carbonyl (C=O) groups is 1. The molecule has 1 aliphatic heterocycles. The first-order valence-electron chi connectivity index (χ1n) is 6.50. The van der Waals surface area contributed by atoms with Crippen LogP contribution in [0, 0.1) is 0 Å². The van der Waals surface area contributed by atoms with E-state index in [0.29, 0.717) is 10.0 Å². The summed E-state index contributed by atoms with van der Waals surface area (Å²) >= 11 is 3.27. The summed E-state index contributed by atoms with van der Waals surface area (Å²) in [6.07, 6.45) is -4.62. The van der Waals surface area contributed by atoms with Crippen LogP contribution in [0.25, 0.3) is 0 Å². The number of hydrogen-bond donors (Lipinski definition) is 1. The van der Waals surface area contributed by atoms with Gasteiger partial charge in [-0.3, -0.25) is 10.2 Å². The summed E-state index contributed by atoms with van der Waals surface area (Å²) in [7, 11) is 0. The molecule has 0 bridgehead atoms. The molecule has 1 heterocycles. The first kappa shape index (κ1) is 16.3. The van der Waals surface area contributed by atoms with E-state index in [9.17, 15) is 18.0 Å². The molecule has 0 spiro atoms. The van der Waals surface area contributed by atoms with Crippen LogP contribution in [-0.2, 0) is 11.2 Å². The number of rotatable bonds is 3. The summed E-state index contributed by atoms with van der Waals surface area (Å²) in [5, 5.41) is 1.04. The fourth-order valence-corrected chi connectivity index (χ4v) is 2.98. The molecule has 1 aliphatic rings.